The van der Waals surface area contributed by atoms with Crippen molar-refractivity contribution in [3.05, 3.63) is 22.6 Å². The molecule has 0 saturated carbocycles. The van der Waals surface area contributed by atoms with Crippen molar-refractivity contribution in [1.82, 2.24) is 5.32 Å². The summed E-state index contributed by atoms with van der Waals surface area (Å²) in [5, 5.41) is 3.17. The van der Waals surface area contributed by atoms with Gasteiger partial charge in [-0.05, 0) is 24.6 Å². The molecule has 2 amide bonds. The van der Waals surface area contributed by atoms with Crippen LogP contribution in [0.15, 0.2) is 12.1 Å². The van der Waals surface area contributed by atoms with E-state index in [1.54, 1.807) is 0 Å². The van der Waals surface area contributed by atoms with Gasteiger partial charge in [-0.15, -0.1) is 0 Å². The molecule has 1 aliphatic heterocycles. The van der Waals surface area contributed by atoms with Gasteiger partial charge in [0.25, 0.3) is 0 Å². The van der Waals surface area contributed by atoms with Gasteiger partial charge in [0.1, 0.15) is 5.41 Å². The summed E-state index contributed by atoms with van der Waals surface area (Å²) in [6, 6.07) is 1.88. The Morgan fingerprint density at radius 2 is 2.35 bits per heavy atom. The number of ether oxygens (including phenoxy) is 1. The maximum atomic E-state index is 11.9. The van der Waals surface area contributed by atoms with Crippen molar-refractivity contribution >= 4 is 29.2 Å². The van der Waals surface area contributed by atoms with E-state index in [0.29, 0.717) is 6.61 Å². The molecule has 88 valence electrons. The zero-order chi connectivity index (χ0) is 12.0. The van der Waals surface area contributed by atoms with E-state index in [9.17, 15) is 9.59 Å². The van der Waals surface area contributed by atoms with Gasteiger partial charge >= 0.3 is 0 Å². The van der Waals surface area contributed by atoms with Crippen LogP contribution < -0.4 is 10.1 Å². The number of amides is 2. The molecule has 4 nitrogen and oxygen atoms in total. The van der Waals surface area contributed by atoms with Crippen molar-refractivity contribution in [2.45, 2.75) is 18.8 Å². The maximum Gasteiger partial charge on any atom is 0.241 e. The highest BCUT2D eigenvalue weighted by atomic mass is 32.1. The average Bonchev–Trinajstić information content (AvgIpc) is 2.87. The summed E-state index contributed by atoms with van der Waals surface area (Å²) in [5.74, 6) is -0.435. The number of nitrogens with one attached hydrogen (secondary N) is 1. The fraction of sp³-hybridized carbons (Fsp3) is 0.333. The topological polar surface area (TPSA) is 55.4 Å². The summed E-state index contributed by atoms with van der Waals surface area (Å²) in [4.78, 5) is 24.3. The highest BCUT2D eigenvalue weighted by Crippen LogP contribution is 2.47. The summed E-state index contributed by atoms with van der Waals surface area (Å²) < 4.78 is 5.44. The fourth-order valence-corrected chi connectivity index (χ4v) is 3.40. The highest BCUT2D eigenvalue weighted by Gasteiger charge is 2.50. The first-order valence-corrected chi connectivity index (χ1v) is 6.28. The average molecular weight is 249 g/mol. The minimum absolute atomic E-state index is 0.206. The van der Waals surface area contributed by atoms with Crippen LogP contribution in [0.3, 0.4) is 0 Å². The molecule has 17 heavy (non-hydrogen) atoms. The quantitative estimate of drug-likeness (QED) is 0.807. The second-order valence-electron chi connectivity index (χ2n) is 4.14. The molecule has 1 N–H and O–H groups in total. The standard InChI is InChI=1S/C12H11NO3S/c1-2-16-10-5-7-8(17-10)3-4-12(7)6-9(14)13-11(12)15/h3-5H,2,6H2,1H3,(H,13,14,15). The molecule has 2 heterocycles. The van der Waals surface area contributed by atoms with E-state index < -0.39 is 5.41 Å². The number of thiophene rings is 1. The Labute approximate surface area is 102 Å². The number of fused-ring (bicyclic) bond motifs is 2. The second kappa shape index (κ2) is 3.43. The van der Waals surface area contributed by atoms with Gasteiger partial charge in [0.2, 0.25) is 11.8 Å². The van der Waals surface area contributed by atoms with E-state index in [-0.39, 0.29) is 18.2 Å². The monoisotopic (exact) mass is 249 g/mol. The number of rotatable bonds is 2. The lowest BCUT2D eigenvalue weighted by molar-refractivity contribution is -0.125. The molecule has 1 saturated heterocycles. The van der Waals surface area contributed by atoms with Crippen molar-refractivity contribution in [3.8, 4) is 5.06 Å². The summed E-state index contributed by atoms with van der Waals surface area (Å²) in [6.07, 6.45) is 3.93. The van der Waals surface area contributed by atoms with Gasteiger partial charge in [-0.25, -0.2) is 0 Å². The number of hydrogen-bond donors (Lipinski definition) is 1. The molecule has 1 atom stereocenters. The van der Waals surface area contributed by atoms with Crippen molar-refractivity contribution in [2.24, 2.45) is 0 Å². The van der Waals surface area contributed by atoms with Gasteiger partial charge in [-0.2, -0.15) is 0 Å². The summed E-state index contributed by atoms with van der Waals surface area (Å²) in [7, 11) is 0. The van der Waals surface area contributed by atoms with E-state index in [4.69, 9.17) is 4.74 Å². The van der Waals surface area contributed by atoms with Crippen LogP contribution in [0.2, 0.25) is 0 Å². The smallest absolute Gasteiger partial charge is 0.241 e. The van der Waals surface area contributed by atoms with Crippen molar-refractivity contribution in [2.75, 3.05) is 6.61 Å². The minimum Gasteiger partial charge on any atom is -0.484 e. The van der Waals surface area contributed by atoms with Gasteiger partial charge in [0.05, 0.1) is 6.61 Å². The Morgan fingerprint density at radius 1 is 1.53 bits per heavy atom. The molecule has 1 unspecified atom stereocenters. The third kappa shape index (κ3) is 1.35. The molecule has 1 fully saturated rings. The van der Waals surface area contributed by atoms with Crippen LogP contribution in [0.4, 0.5) is 0 Å². The maximum absolute atomic E-state index is 11.9. The van der Waals surface area contributed by atoms with Gasteiger partial charge in [0.15, 0.2) is 5.06 Å². The van der Waals surface area contributed by atoms with Crippen LogP contribution in [-0.4, -0.2) is 18.4 Å². The lowest BCUT2D eigenvalue weighted by Gasteiger charge is -2.16. The van der Waals surface area contributed by atoms with Crippen LogP contribution in [0, 0.1) is 0 Å². The molecule has 5 heteroatoms. The van der Waals surface area contributed by atoms with E-state index in [0.717, 1.165) is 15.5 Å². The summed E-state index contributed by atoms with van der Waals surface area (Å²) in [5.41, 5.74) is 0.118. The Bertz CT molecular complexity index is 546. The predicted molar refractivity (Wildman–Crippen MR) is 64.0 cm³/mol. The molecule has 1 aromatic rings. The first-order chi connectivity index (χ1) is 8.15. The van der Waals surface area contributed by atoms with E-state index in [1.807, 2.05) is 25.1 Å². The van der Waals surface area contributed by atoms with Gasteiger partial charge in [0, 0.05) is 11.3 Å². The third-order valence-corrected chi connectivity index (χ3v) is 4.13. The second-order valence-corrected chi connectivity index (χ2v) is 5.18. The van der Waals surface area contributed by atoms with Gasteiger partial charge < -0.3 is 4.74 Å². The Balaban J connectivity index is 2.06. The lowest BCUT2D eigenvalue weighted by Crippen LogP contribution is -2.32. The van der Waals surface area contributed by atoms with Crippen LogP contribution in [0.25, 0.3) is 6.08 Å². The molecule has 3 rings (SSSR count). The third-order valence-electron chi connectivity index (χ3n) is 3.12. The lowest BCUT2D eigenvalue weighted by atomic mass is 9.82. The largest absolute Gasteiger partial charge is 0.484 e. The first-order valence-electron chi connectivity index (χ1n) is 5.46. The number of carbonyl (C=O) groups is 2. The molecular formula is C12H11NO3S. The van der Waals surface area contributed by atoms with Crippen molar-refractivity contribution < 1.29 is 14.3 Å². The minimum atomic E-state index is -0.779. The summed E-state index contributed by atoms with van der Waals surface area (Å²) >= 11 is 1.51. The van der Waals surface area contributed by atoms with Crippen molar-refractivity contribution in [3.63, 3.8) is 0 Å². The van der Waals surface area contributed by atoms with E-state index in [1.165, 1.54) is 11.3 Å². The van der Waals surface area contributed by atoms with Crippen molar-refractivity contribution in [1.29, 1.82) is 0 Å². The zero-order valence-electron chi connectivity index (χ0n) is 9.28. The van der Waals surface area contributed by atoms with Crippen LogP contribution in [0.5, 0.6) is 5.06 Å². The van der Waals surface area contributed by atoms with Gasteiger partial charge in [-0.3, -0.25) is 14.9 Å². The Kier molecular flexibility index (Phi) is 2.13. The molecular weight excluding hydrogens is 238 g/mol. The first kappa shape index (κ1) is 10.5. The highest BCUT2D eigenvalue weighted by molar-refractivity contribution is 7.15. The van der Waals surface area contributed by atoms with E-state index >= 15 is 0 Å². The molecule has 2 aliphatic rings. The van der Waals surface area contributed by atoms with Crippen LogP contribution in [-0.2, 0) is 15.0 Å². The number of hydrogen-bond acceptors (Lipinski definition) is 4. The normalized spacial score (nSPS) is 25.5. The SMILES string of the molecule is CCOc1cc2c(s1)C=CC21CC(=O)NC1=O. The molecule has 1 spiro atoms. The molecule has 0 aromatic carbocycles. The fourth-order valence-electron chi connectivity index (χ4n) is 2.34. The molecule has 0 bridgehead atoms. The van der Waals surface area contributed by atoms with Crippen LogP contribution >= 0.6 is 11.3 Å². The van der Waals surface area contributed by atoms with E-state index in [2.05, 4.69) is 5.32 Å². The Morgan fingerprint density at radius 3 is 3.00 bits per heavy atom. The molecule has 1 aromatic heterocycles. The molecule has 0 radical (unpaired) electrons. The predicted octanol–water partition coefficient (Wildman–Crippen LogP) is 1.46. The van der Waals surface area contributed by atoms with Gasteiger partial charge in [-0.1, -0.05) is 17.4 Å². The Hall–Kier alpha value is -1.62. The number of carbonyl (C=O) groups excluding carboxylic acids is 2. The number of imide groups is 1. The summed E-state index contributed by atoms with van der Waals surface area (Å²) in [6.45, 7) is 2.52. The zero-order valence-corrected chi connectivity index (χ0v) is 10.1. The molecule has 1 aliphatic carbocycles. The van der Waals surface area contributed by atoms with Crippen LogP contribution in [0.1, 0.15) is 23.8 Å².